The largest absolute Gasteiger partial charge is 0.361 e. The summed E-state index contributed by atoms with van der Waals surface area (Å²) in [6, 6.07) is 8.43. The molecule has 1 aliphatic heterocycles. The summed E-state index contributed by atoms with van der Waals surface area (Å²) >= 11 is 0. The lowest BCUT2D eigenvalue weighted by Gasteiger charge is -2.34. The molecule has 0 spiro atoms. The van der Waals surface area contributed by atoms with Gasteiger partial charge >= 0.3 is 0 Å². The number of nitrogens with one attached hydrogen (secondary N) is 2. The zero-order valence-electron chi connectivity index (χ0n) is 16.3. The van der Waals surface area contributed by atoms with Gasteiger partial charge in [0.2, 0.25) is 11.8 Å². The summed E-state index contributed by atoms with van der Waals surface area (Å²) in [6.07, 6.45) is 4.40. The van der Waals surface area contributed by atoms with Crippen LogP contribution < -0.4 is 5.32 Å². The molecule has 0 unspecified atom stereocenters. The van der Waals surface area contributed by atoms with Crippen LogP contribution in [0.2, 0.25) is 0 Å². The van der Waals surface area contributed by atoms with Gasteiger partial charge < -0.3 is 15.2 Å². The standard InChI is InChI=1S/C21H30N4O2/c1-16(2)23-20(26)15-24-10-12-25(13-11-24)21(27)9-5-6-17-14-22-19-8-4-3-7-18(17)19/h3-4,7-8,14,16,22H,5-6,9-13,15H2,1-2H3,(H,23,26). The molecule has 0 radical (unpaired) electrons. The normalized spacial score (nSPS) is 15.4. The van der Waals surface area contributed by atoms with Crippen molar-refractivity contribution in [3.63, 3.8) is 0 Å². The van der Waals surface area contributed by atoms with Gasteiger partial charge in [-0.25, -0.2) is 0 Å². The van der Waals surface area contributed by atoms with E-state index >= 15 is 0 Å². The summed E-state index contributed by atoms with van der Waals surface area (Å²) in [4.78, 5) is 31.7. The molecule has 1 aliphatic rings. The molecule has 3 rings (SSSR count). The topological polar surface area (TPSA) is 68.4 Å². The maximum atomic E-state index is 12.5. The van der Waals surface area contributed by atoms with Crippen molar-refractivity contribution in [2.24, 2.45) is 0 Å². The second-order valence-electron chi connectivity index (χ2n) is 7.59. The van der Waals surface area contributed by atoms with Crippen molar-refractivity contribution < 1.29 is 9.59 Å². The molecule has 2 heterocycles. The molecule has 6 nitrogen and oxygen atoms in total. The van der Waals surface area contributed by atoms with Crippen LogP contribution in [0.5, 0.6) is 0 Å². The van der Waals surface area contributed by atoms with Crippen LogP contribution in [0.25, 0.3) is 10.9 Å². The number of benzene rings is 1. The van der Waals surface area contributed by atoms with Crippen LogP contribution in [-0.2, 0) is 16.0 Å². The molecular weight excluding hydrogens is 340 g/mol. The third kappa shape index (κ3) is 5.32. The minimum atomic E-state index is 0.0588. The Bertz CT molecular complexity index is 775. The summed E-state index contributed by atoms with van der Waals surface area (Å²) in [6.45, 7) is 7.29. The van der Waals surface area contributed by atoms with Gasteiger partial charge in [-0.3, -0.25) is 14.5 Å². The fourth-order valence-electron chi connectivity index (χ4n) is 3.65. The van der Waals surface area contributed by atoms with E-state index < -0.39 is 0 Å². The molecule has 27 heavy (non-hydrogen) atoms. The first-order chi connectivity index (χ1) is 13.0. The van der Waals surface area contributed by atoms with Crippen LogP contribution in [0.1, 0.15) is 32.3 Å². The molecule has 1 fully saturated rings. The van der Waals surface area contributed by atoms with Crippen molar-refractivity contribution in [2.45, 2.75) is 39.2 Å². The average Bonchev–Trinajstić information content (AvgIpc) is 3.05. The number of piperazine rings is 1. The van der Waals surface area contributed by atoms with Crippen LogP contribution in [0.4, 0.5) is 0 Å². The first-order valence-corrected chi connectivity index (χ1v) is 9.87. The first kappa shape index (κ1) is 19.4. The zero-order valence-corrected chi connectivity index (χ0v) is 16.3. The Morgan fingerprint density at radius 1 is 1.15 bits per heavy atom. The summed E-state index contributed by atoms with van der Waals surface area (Å²) in [5.41, 5.74) is 2.43. The van der Waals surface area contributed by atoms with Gasteiger partial charge in [0, 0.05) is 55.7 Å². The van der Waals surface area contributed by atoms with Crippen LogP contribution in [0, 0.1) is 0 Å². The molecule has 0 aliphatic carbocycles. The van der Waals surface area contributed by atoms with Gasteiger partial charge in [-0.1, -0.05) is 18.2 Å². The third-order valence-corrected chi connectivity index (χ3v) is 5.05. The minimum absolute atomic E-state index is 0.0588. The van der Waals surface area contributed by atoms with Crippen molar-refractivity contribution in [2.75, 3.05) is 32.7 Å². The van der Waals surface area contributed by atoms with Crippen molar-refractivity contribution >= 4 is 22.7 Å². The minimum Gasteiger partial charge on any atom is -0.361 e. The Morgan fingerprint density at radius 2 is 1.89 bits per heavy atom. The molecule has 1 aromatic carbocycles. The quantitative estimate of drug-likeness (QED) is 0.785. The Morgan fingerprint density at radius 3 is 2.63 bits per heavy atom. The molecular formula is C21H30N4O2. The van der Waals surface area contributed by atoms with E-state index in [1.165, 1.54) is 10.9 Å². The summed E-state index contributed by atoms with van der Waals surface area (Å²) < 4.78 is 0. The number of para-hydroxylation sites is 1. The summed E-state index contributed by atoms with van der Waals surface area (Å²) in [7, 11) is 0. The number of rotatable bonds is 7. The second kappa shape index (κ2) is 9.04. The molecule has 6 heteroatoms. The van der Waals surface area contributed by atoms with Crippen LogP contribution in [0.15, 0.2) is 30.5 Å². The average molecular weight is 370 g/mol. The monoisotopic (exact) mass is 370 g/mol. The Labute approximate surface area is 160 Å². The SMILES string of the molecule is CC(C)NC(=O)CN1CCN(C(=O)CCCc2c[nH]c3ccccc23)CC1. The fraction of sp³-hybridized carbons (Fsp3) is 0.524. The number of amides is 2. The van der Waals surface area contributed by atoms with E-state index in [2.05, 4.69) is 33.5 Å². The van der Waals surface area contributed by atoms with E-state index in [4.69, 9.17) is 0 Å². The number of hydrogen-bond acceptors (Lipinski definition) is 3. The van der Waals surface area contributed by atoms with E-state index in [1.54, 1.807) is 0 Å². The molecule has 146 valence electrons. The third-order valence-electron chi connectivity index (χ3n) is 5.05. The predicted octanol–water partition coefficient (Wildman–Crippen LogP) is 2.16. The molecule has 1 saturated heterocycles. The fourth-order valence-corrected chi connectivity index (χ4v) is 3.65. The maximum absolute atomic E-state index is 12.5. The van der Waals surface area contributed by atoms with Crippen LogP contribution in [-0.4, -0.2) is 65.4 Å². The van der Waals surface area contributed by atoms with Gasteiger partial charge in [-0.2, -0.15) is 0 Å². The molecule has 0 bridgehead atoms. The number of carbonyl (C=O) groups is 2. The molecule has 2 aromatic rings. The Hall–Kier alpha value is -2.34. The maximum Gasteiger partial charge on any atom is 0.234 e. The van der Waals surface area contributed by atoms with Crippen molar-refractivity contribution in [3.8, 4) is 0 Å². The summed E-state index contributed by atoms with van der Waals surface area (Å²) in [5.74, 6) is 0.282. The number of nitrogens with zero attached hydrogens (tertiary/aromatic N) is 2. The smallest absolute Gasteiger partial charge is 0.234 e. The highest BCUT2D eigenvalue weighted by Gasteiger charge is 2.22. The van der Waals surface area contributed by atoms with E-state index in [0.29, 0.717) is 26.1 Å². The number of aryl methyl sites for hydroxylation is 1. The molecule has 0 saturated carbocycles. The van der Waals surface area contributed by atoms with Gasteiger partial charge in [0.25, 0.3) is 0 Å². The zero-order chi connectivity index (χ0) is 19.2. The van der Waals surface area contributed by atoms with Gasteiger partial charge in [-0.15, -0.1) is 0 Å². The lowest BCUT2D eigenvalue weighted by atomic mass is 10.1. The predicted molar refractivity (Wildman–Crippen MR) is 108 cm³/mol. The van der Waals surface area contributed by atoms with Crippen LogP contribution >= 0.6 is 0 Å². The molecule has 2 amide bonds. The Balaban J connectivity index is 1.39. The van der Waals surface area contributed by atoms with Gasteiger partial charge in [0.05, 0.1) is 6.54 Å². The number of carbonyl (C=O) groups excluding carboxylic acids is 2. The highest BCUT2D eigenvalue weighted by Crippen LogP contribution is 2.19. The van der Waals surface area contributed by atoms with Gasteiger partial charge in [-0.05, 0) is 38.3 Å². The highest BCUT2D eigenvalue weighted by molar-refractivity contribution is 5.83. The van der Waals surface area contributed by atoms with Crippen molar-refractivity contribution in [1.29, 1.82) is 0 Å². The Kier molecular flexibility index (Phi) is 6.50. The number of fused-ring (bicyclic) bond motifs is 1. The van der Waals surface area contributed by atoms with Crippen molar-refractivity contribution in [1.82, 2.24) is 20.1 Å². The van der Waals surface area contributed by atoms with E-state index in [-0.39, 0.29) is 17.9 Å². The van der Waals surface area contributed by atoms with E-state index in [1.807, 2.05) is 30.9 Å². The molecule has 1 aromatic heterocycles. The van der Waals surface area contributed by atoms with E-state index in [0.717, 1.165) is 31.4 Å². The highest BCUT2D eigenvalue weighted by atomic mass is 16.2. The number of H-pyrrole nitrogens is 1. The summed E-state index contributed by atoms with van der Waals surface area (Å²) in [5, 5.41) is 4.16. The molecule has 2 N–H and O–H groups in total. The first-order valence-electron chi connectivity index (χ1n) is 9.87. The lowest BCUT2D eigenvalue weighted by molar-refractivity contribution is -0.133. The van der Waals surface area contributed by atoms with Gasteiger partial charge in [0.15, 0.2) is 0 Å². The second-order valence-corrected chi connectivity index (χ2v) is 7.59. The van der Waals surface area contributed by atoms with Crippen molar-refractivity contribution in [3.05, 3.63) is 36.0 Å². The van der Waals surface area contributed by atoms with Crippen LogP contribution in [0.3, 0.4) is 0 Å². The number of aromatic nitrogens is 1. The lowest BCUT2D eigenvalue weighted by Crippen LogP contribution is -2.51. The molecule has 0 atom stereocenters. The van der Waals surface area contributed by atoms with E-state index in [9.17, 15) is 9.59 Å². The number of aromatic amines is 1. The van der Waals surface area contributed by atoms with Gasteiger partial charge in [0.1, 0.15) is 0 Å². The number of hydrogen-bond donors (Lipinski definition) is 2.